The van der Waals surface area contributed by atoms with Gasteiger partial charge in [-0.2, -0.15) is 0 Å². The van der Waals surface area contributed by atoms with E-state index in [4.69, 9.17) is 17.3 Å². The second kappa shape index (κ2) is 8.32. The Kier molecular flexibility index (Phi) is 5.89. The number of carbonyl (C=O) groups excluding carboxylic acids is 2. The van der Waals surface area contributed by atoms with Gasteiger partial charge in [-0.1, -0.05) is 42.6 Å². The fourth-order valence-electron chi connectivity index (χ4n) is 3.55. The third kappa shape index (κ3) is 4.61. The minimum atomic E-state index is -0.580. The molecule has 3 rings (SSSR count). The maximum absolute atomic E-state index is 12.6. The van der Waals surface area contributed by atoms with E-state index in [1.165, 1.54) is 25.1 Å². The predicted molar refractivity (Wildman–Crippen MR) is 101 cm³/mol. The monoisotopic (exact) mass is 371 g/mol. The number of halogens is 1. The minimum absolute atomic E-state index is 0.0402. The van der Waals surface area contributed by atoms with Gasteiger partial charge in [-0.15, -0.1) is 0 Å². The average Bonchev–Trinajstić information content (AvgIpc) is 3.14. The Morgan fingerprint density at radius 1 is 1.23 bits per heavy atom. The zero-order valence-electron chi connectivity index (χ0n) is 14.5. The van der Waals surface area contributed by atoms with E-state index in [1.54, 1.807) is 6.07 Å². The lowest BCUT2D eigenvalue weighted by Gasteiger charge is -2.25. The van der Waals surface area contributed by atoms with Gasteiger partial charge in [-0.25, -0.2) is 0 Å². The molecule has 1 aliphatic carbocycles. The van der Waals surface area contributed by atoms with Gasteiger partial charge >= 0.3 is 0 Å². The maximum atomic E-state index is 12.6. The smallest absolute Gasteiger partial charge is 0.267 e. The normalized spacial score (nSPS) is 15.6. The van der Waals surface area contributed by atoms with Crippen molar-refractivity contribution in [1.82, 2.24) is 10.3 Å². The molecule has 0 aliphatic heterocycles. The summed E-state index contributed by atoms with van der Waals surface area (Å²) in [5.41, 5.74) is 7.16. The first kappa shape index (κ1) is 18.4. The number of carbonyl (C=O) groups is 2. The number of benzene rings is 1. The van der Waals surface area contributed by atoms with Crippen molar-refractivity contribution in [2.24, 2.45) is 11.7 Å². The number of hydrogen-bond acceptors (Lipinski definition) is 3. The van der Waals surface area contributed by atoms with Gasteiger partial charge in [0.1, 0.15) is 5.69 Å². The molecule has 0 unspecified atom stereocenters. The molecule has 0 spiro atoms. The number of nitrogens with two attached hydrogens (primary N) is 1. The number of aromatic nitrogens is 1. The van der Waals surface area contributed by atoms with Crippen LogP contribution in [-0.4, -0.2) is 16.8 Å². The van der Waals surface area contributed by atoms with Crippen molar-refractivity contribution < 1.29 is 9.59 Å². The van der Waals surface area contributed by atoms with Gasteiger partial charge in [0.15, 0.2) is 0 Å². The summed E-state index contributed by atoms with van der Waals surface area (Å²) in [6.45, 7) is 0. The van der Waals surface area contributed by atoms with E-state index in [2.05, 4.69) is 10.3 Å². The molecule has 5 nitrogen and oxygen atoms in total. The number of nitrogens with one attached hydrogen (secondary N) is 1. The molecule has 1 atom stereocenters. The molecule has 0 bridgehead atoms. The highest BCUT2D eigenvalue weighted by atomic mass is 35.5. The van der Waals surface area contributed by atoms with Crippen LogP contribution in [0.1, 0.15) is 53.3 Å². The SMILES string of the molecule is NC(=O)c1ccc(CC(=O)N[C@H](c2cccc(Cl)c2)C2CCCC2)cn1. The van der Waals surface area contributed by atoms with Gasteiger partial charge in [-0.3, -0.25) is 14.6 Å². The van der Waals surface area contributed by atoms with Crippen molar-refractivity contribution in [3.63, 3.8) is 0 Å². The van der Waals surface area contributed by atoms with Gasteiger partial charge in [0.05, 0.1) is 12.5 Å². The molecule has 0 radical (unpaired) electrons. The molecular formula is C20H22ClN3O2. The molecule has 1 aromatic heterocycles. The fourth-order valence-corrected chi connectivity index (χ4v) is 3.75. The van der Waals surface area contributed by atoms with Gasteiger partial charge in [-0.05, 0) is 48.1 Å². The van der Waals surface area contributed by atoms with Crippen LogP contribution in [0, 0.1) is 5.92 Å². The van der Waals surface area contributed by atoms with Gasteiger partial charge in [0.2, 0.25) is 5.91 Å². The largest absolute Gasteiger partial charge is 0.364 e. The van der Waals surface area contributed by atoms with Crippen molar-refractivity contribution >= 4 is 23.4 Å². The van der Waals surface area contributed by atoms with Crippen molar-refractivity contribution in [3.8, 4) is 0 Å². The molecule has 26 heavy (non-hydrogen) atoms. The summed E-state index contributed by atoms with van der Waals surface area (Å²) in [4.78, 5) is 27.7. The Labute approximate surface area is 158 Å². The minimum Gasteiger partial charge on any atom is -0.364 e. The number of hydrogen-bond donors (Lipinski definition) is 2. The second-order valence-electron chi connectivity index (χ2n) is 6.74. The van der Waals surface area contributed by atoms with E-state index in [9.17, 15) is 9.59 Å². The third-order valence-electron chi connectivity index (χ3n) is 4.84. The Bertz CT molecular complexity index is 786. The van der Waals surface area contributed by atoms with E-state index < -0.39 is 5.91 Å². The first-order chi connectivity index (χ1) is 12.5. The zero-order chi connectivity index (χ0) is 18.5. The summed E-state index contributed by atoms with van der Waals surface area (Å²) in [6, 6.07) is 10.9. The van der Waals surface area contributed by atoms with E-state index >= 15 is 0 Å². The lowest BCUT2D eigenvalue weighted by Crippen LogP contribution is -2.33. The van der Waals surface area contributed by atoms with E-state index in [0.29, 0.717) is 10.9 Å². The Morgan fingerprint density at radius 2 is 2.00 bits per heavy atom. The number of pyridine rings is 1. The molecule has 2 amide bonds. The van der Waals surface area contributed by atoms with Gasteiger partial charge in [0, 0.05) is 11.2 Å². The third-order valence-corrected chi connectivity index (χ3v) is 5.07. The molecule has 6 heteroatoms. The predicted octanol–water partition coefficient (Wildman–Crippen LogP) is 3.42. The van der Waals surface area contributed by atoms with Crippen LogP contribution in [0.3, 0.4) is 0 Å². The molecule has 1 aliphatic rings. The maximum Gasteiger partial charge on any atom is 0.267 e. The van der Waals surface area contributed by atoms with E-state index in [1.807, 2.05) is 24.3 Å². The molecule has 3 N–H and O–H groups in total. The van der Waals surface area contributed by atoms with Crippen LogP contribution in [0.5, 0.6) is 0 Å². The van der Waals surface area contributed by atoms with Gasteiger partial charge in [0.25, 0.3) is 5.91 Å². The molecule has 1 aromatic carbocycles. The van der Waals surface area contributed by atoms with Crippen molar-refractivity contribution in [1.29, 1.82) is 0 Å². The summed E-state index contributed by atoms with van der Waals surface area (Å²) in [5.74, 6) is -0.230. The Morgan fingerprint density at radius 3 is 2.62 bits per heavy atom. The topological polar surface area (TPSA) is 85.1 Å². The molecular weight excluding hydrogens is 350 g/mol. The number of primary amides is 1. The van der Waals surface area contributed by atoms with Crippen LogP contribution < -0.4 is 11.1 Å². The van der Waals surface area contributed by atoms with Crippen LogP contribution in [0.25, 0.3) is 0 Å². The highest BCUT2D eigenvalue weighted by Crippen LogP contribution is 2.36. The van der Waals surface area contributed by atoms with Crippen molar-refractivity contribution in [2.45, 2.75) is 38.1 Å². The van der Waals surface area contributed by atoms with Crippen LogP contribution in [0.2, 0.25) is 5.02 Å². The van der Waals surface area contributed by atoms with Crippen LogP contribution in [-0.2, 0) is 11.2 Å². The quantitative estimate of drug-likeness (QED) is 0.815. The zero-order valence-corrected chi connectivity index (χ0v) is 15.2. The highest BCUT2D eigenvalue weighted by Gasteiger charge is 2.27. The molecule has 2 aromatic rings. The molecule has 136 valence electrons. The van der Waals surface area contributed by atoms with Gasteiger partial charge < -0.3 is 11.1 Å². The summed E-state index contributed by atoms with van der Waals surface area (Å²) in [6.07, 6.45) is 6.31. The number of amides is 2. The molecule has 1 fully saturated rings. The number of rotatable bonds is 6. The first-order valence-electron chi connectivity index (χ1n) is 8.82. The summed E-state index contributed by atoms with van der Waals surface area (Å²) < 4.78 is 0. The van der Waals surface area contributed by atoms with Crippen LogP contribution >= 0.6 is 11.6 Å². The standard InChI is InChI=1S/C20H22ClN3O2/c21-16-7-3-6-15(11-16)19(14-4-1-2-5-14)24-18(25)10-13-8-9-17(20(22)26)23-12-13/h3,6-9,11-12,14,19H,1-2,4-5,10H2,(H2,22,26)(H,24,25)/t19-/m0/s1. The lowest BCUT2D eigenvalue weighted by molar-refractivity contribution is -0.121. The highest BCUT2D eigenvalue weighted by molar-refractivity contribution is 6.30. The number of nitrogens with zero attached hydrogens (tertiary/aromatic N) is 1. The summed E-state index contributed by atoms with van der Waals surface area (Å²) in [7, 11) is 0. The summed E-state index contributed by atoms with van der Waals surface area (Å²) >= 11 is 6.14. The Balaban J connectivity index is 1.71. The molecule has 1 saturated carbocycles. The van der Waals surface area contributed by atoms with E-state index in [-0.39, 0.29) is 24.1 Å². The average molecular weight is 372 g/mol. The van der Waals surface area contributed by atoms with Crippen LogP contribution in [0.15, 0.2) is 42.6 Å². The van der Waals surface area contributed by atoms with Crippen molar-refractivity contribution in [3.05, 3.63) is 64.4 Å². The van der Waals surface area contributed by atoms with Crippen molar-refractivity contribution in [2.75, 3.05) is 0 Å². The van der Waals surface area contributed by atoms with Crippen LogP contribution in [0.4, 0.5) is 0 Å². The summed E-state index contributed by atoms with van der Waals surface area (Å²) in [5, 5.41) is 3.84. The molecule has 1 heterocycles. The fraction of sp³-hybridized carbons (Fsp3) is 0.350. The van der Waals surface area contributed by atoms with E-state index in [0.717, 1.165) is 24.0 Å². The first-order valence-corrected chi connectivity index (χ1v) is 9.20. The lowest BCUT2D eigenvalue weighted by atomic mass is 9.91. The molecule has 0 saturated heterocycles. The second-order valence-corrected chi connectivity index (χ2v) is 7.17. The Hall–Kier alpha value is -2.40.